The minimum atomic E-state index is -1.19. The molecule has 0 fully saturated rings. The summed E-state index contributed by atoms with van der Waals surface area (Å²) in [6, 6.07) is 11.2. The predicted octanol–water partition coefficient (Wildman–Crippen LogP) is 1.84. The van der Waals surface area contributed by atoms with Gasteiger partial charge in [0.05, 0.1) is 5.69 Å². The minimum absolute atomic E-state index is 0.703. The summed E-state index contributed by atoms with van der Waals surface area (Å²) in [6.45, 7) is 3.72. The molecule has 0 radical (unpaired) electrons. The largest absolute Gasteiger partial charge is 0.375 e. The third-order valence-electron chi connectivity index (χ3n) is 2.72. The van der Waals surface area contributed by atoms with Crippen molar-refractivity contribution in [2.45, 2.75) is 5.60 Å². The van der Waals surface area contributed by atoms with Crippen LogP contribution in [-0.4, -0.2) is 14.9 Å². The van der Waals surface area contributed by atoms with Crippen LogP contribution in [0.4, 0.5) is 0 Å². The first-order valence-electron chi connectivity index (χ1n) is 5.08. The summed E-state index contributed by atoms with van der Waals surface area (Å²) in [4.78, 5) is 0. The molecule has 16 heavy (non-hydrogen) atoms. The van der Waals surface area contributed by atoms with E-state index in [1.165, 1.54) is 6.08 Å². The highest BCUT2D eigenvalue weighted by atomic mass is 16.3. The van der Waals surface area contributed by atoms with E-state index in [2.05, 4.69) is 11.7 Å². The molecule has 1 aromatic heterocycles. The number of aromatic nitrogens is 2. The molecule has 1 aromatic carbocycles. The molecule has 1 N–H and O–H groups in total. The van der Waals surface area contributed by atoms with Crippen molar-refractivity contribution in [2.75, 3.05) is 0 Å². The molecule has 0 saturated heterocycles. The number of hydrogen-bond acceptors (Lipinski definition) is 2. The summed E-state index contributed by atoms with van der Waals surface area (Å²) in [7, 11) is 1.80. The summed E-state index contributed by atoms with van der Waals surface area (Å²) in [6.07, 6.45) is 3.19. The molecule has 2 aromatic rings. The van der Waals surface area contributed by atoms with E-state index in [4.69, 9.17) is 0 Å². The Kier molecular flexibility index (Phi) is 2.62. The van der Waals surface area contributed by atoms with Gasteiger partial charge in [-0.1, -0.05) is 36.9 Å². The third-order valence-corrected chi connectivity index (χ3v) is 2.72. The second-order valence-electron chi connectivity index (χ2n) is 3.68. The predicted molar refractivity (Wildman–Crippen MR) is 62.8 cm³/mol. The van der Waals surface area contributed by atoms with E-state index in [0.29, 0.717) is 5.69 Å². The smallest absolute Gasteiger partial charge is 0.149 e. The molecule has 0 bridgehead atoms. The van der Waals surface area contributed by atoms with Crippen LogP contribution in [0.3, 0.4) is 0 Å². The van der Waals surface area contributed by atoms with Crippen LogP contribution in [-0.2, 0) is 12.6 Å². The second-order valence-corrected chi connectivity index (χ2v) is 3.68. The summed E-state index contributed by atoms with van der Waals surface area (Å²) >= 11 is 0. The van der Waals surface area contributed by atoms with Crippen molar-refractivity contribution in [3.63, 3.8) is 0 Å². The average molecular weight is 214 g/mol. The van der Waals surface area contributed by atoms with Gasteiger partial charge in [-0.15, -0.1) is 0 Å². The zero-order valence-corrected chi connectivity index (χ0v) is 9.17. The molecule has 2 rings (SSSR count). The van der Waals surface area contributed by atoms with Crippen molar-refractivity contribution in [3.05, 3.63) is 66.5 Å². The molecule has 82 valence electrons. The van der Waals surface area contributed by atoms with E-state index in [-0.39, 0.29) is 0 Å². The standard InChI is InChI=1S/C13H14N2O/c1-3-13(16,11-7-5-4-6-8-11)12-9-10-14-15(12)2/h3-10,16H,1H2,2H3. The Bertz CT molecular complexity index is 490. The first-order chi connectivity index (χ1) is 7.68. The van der Waals surface area contributed by atoms with E-state index in [0.717, 1.165) is 5.56 Å². The van der Waals surface area contributed by atoms with E-state index >= 15 is 0 Å². The van der Waals surface area contributed by atoms with Crippen LogP contribution in [0.2, 0.25) is 0 Å². The Morgan fingerprint density at radius 2 is 2.00 bits per heavy atom. The third kappa shape index (κ3) is 1.55. The van der Waals surface area contributed by atoms with Gasteiger partial charge in [0.2, 0.25) is 0 Å². The lowest BCUT2D eigenvalue weighted by Gasteiger charge is -2.24. The van der Waals surface area contributed by atoms with Gasteiger partial charge in [0, 0.05) is 13.2 Å². The van der Waals surface area contributed by atoms with Gasteiger partial charge >= 0.3 is 0 Å². The van der Waals surface area contributed by atoms with Gasteiger partial charge in [-0.2, -0.15) is 5.10 Å². The SMILES string of the molecule is C=CC(O)(c1ccccc1)c1ccnn1C. The Morgan fingerprint density at radius 3 is 2.50 bits per heavy atom. The van der Waals surface area contributed by atoms with Gasteiger partial charge in [-0.25, -0.2) is 0 Å². The highest BCUT2D eigenvalue weighted by Gasteiger charge is 2.30. The van der Waals surface area contributed by atoms with Crippen LogP contribution in [0.1, 0.15) is 11.3 Å². The van der Waals surface area contributed by atoms with Gasteiger partial charge < -0.3 is 5.11 Å². The Labute approximate surface area is 94.7 Å². The maximum Gasteiger partial charge on any atom is 0.149 e. The quantitative estimate of drug-likeness (QED) is 0.792. The molecule has 1 unspecified atom stereocenters. The molecular weight excluding hydrogens is 200 g/mol. The average Bonchev–Trinajstić information content (AvgIpc) is 2.76. The van der Waals surface area contributed by atoms with Gasteiger partial charge in [-0.05, 0) is 17.7 Å². The minimum Gasteiger partial charge on any atom is -0.375 e. The number of aliphatic hydroxyl groups is 1. The number of aryl methyl sites for hydroxylation is 1. The number of benzene rings is 1. The van der Waals surface area contributed by atoms with Gasteiger partial charge in [-0.3, -0.25) is 4.68 Å². The maximum atomic E-state index is 10.7. The molecule has 0 spiro atoms. The van der Waals surface area contributed by atoms with E-state index in [1.807, 2.05) is 30.3 Å². The van der Waals surface area contributed by atoms with Crippen LogP contribution in [0.5, 0.6) is 0 Å². The van der Waals surface area contributed by atoms with Crippen molar-refractivity contribution in [1.29, 1.82) is 0 Å². The van der Waals surface area contributed by atoms with Crippen LogP contribution in [0.25, 0.3) is 0 Å². The van der Waals surface area contributed by atoms with Crippen LogP contribution in [0.15, 0.2) is 55.3 Å². The van der Waals surface area contributed by atoms with Crippen molar-refractivity contribution in [3.8, 4) is 0 Å². The first-order valence-corrected chi connectivity index (χ1v) is 5.08. The molecule has 0 aliphatic carbocycles. The summed E-state index contributed by atoms with van der Waals surface area (Å²) in [5, 5.41) is 14.7. The zero-order chi connectivity index (χ0) is 11.6. The van der Waals surface area contributed by atoms with Gasteiger partial charge in [0.15, 0.2) is 0 Å². The van der Waals surface area contributed by atoms with Crippen LogP contribution >= 0.6 is 0 Å². The second kappa shape index (κ2) is 3.94. The first kappa shape index (κ1) is 10.6. The highest BCUT2D eigenvalue weighted by molar-refractivity contribution is 5.36. The summed E-state index contributed by atoms with van der Waals surface area (Å²) in [5.74, 6) is 0. The summed E-state index contributed by atoms with van der Waals surface area (Å²) in [5.41, 5.74) is 0.300. The zero-order valence-electron chi connectivity index (χ0n) is 9.17. The Balaban J connectivity index is 2.57. The van der Waals surface area contributed by atoms with E-state index < -0.39 is 5.60 Å². The molecule has 0 aliphatic rings. The fourth-order valence-corrected chi connectivity index (χ4v) is 1.81. The van der Waals surface area contributed by atoms with Gasteiger partial charge in [0.1, 0.15) is 5.60 Å². The van der Waals surface area contributed by atoms with Crippen molar-refractivity contribution in [2.24, 2.45) is 7.05 Å². The molecule has 3 nitrogen and oxygen atoms in total. The van der Waals surface area contributed by atoms with Crippen molar-refractivity contribution in [1.82, 2.24) is 9.78 Å². The Morgan fingerprint density at radius 1 is 1.31 bits per heavy atom. The fourth-order valence-electron chi connectivity index (χ4n) is 1.81. The topological polar surface area (TPSA) is 38.1 Å². The summed E-state index contributed by atoms with van der Waals surface area (Å²) < 4.78 is 1.65. The fraction of sp³-hybridized carbons (Fsp3) is 0.154. The van der Waals surface area contributed by atoms with E-state index in [9.17, 15) is 5.11 Å². The van der Waals surface area contributed by atoms with Crippen LogP contribution < -0.4 is 0 Å². The maximum absolute atomic E-state index is 10.7. The van der Waals surface area contributed by atoms with Crippen molar-refractivity contribution < 1.29 is 5.11 Å². The number of hydrogen-bond donors (Lipinski definition) is 1. The molecular formula is C13H14N2O. The normalized spacial score (nSPS) is 14.4. The van der Waals surface area contributed by atoms with E-state index in [1.54, 1.807) is 24.0 Å². The lowest BCUT2D eigenvalue weighted by molar-refractivity contribution is 0.125. The molecule has 0 amide bonds. The number of nitrogens with zero attached hydrogens (tertiary/aromatic N) is 2. The monoisotopic (exact) mass is 214 g/mol. The molecule has 0 saturated carbocycles. The molecule has 1 atom stereocenters. The molecule has 3 heteroatoms. The Hall–Kier alpha value is -1.87. The van der Waals surface area contributed by atoms with Gasteiger partial charge in [0.25, 0.3) is 0 Å². The highest BCUT2D eigenvalue weighted by Crippen LogP contribution is 2.29. The van der Waals surface area contributed by atoms with Crippen LogP contribution in [0, 0.1) is 0 Å². The van der Waals surface area contributed by atoms with Crippen molar-refractivity contribution >= 4 is 0 Å². The molecule has 0 aliphatic heterocycles. The lowest BCUT2D eigenvalue weighted by atomic mass is 9.90. The lowest BCUT2D eigenvalue weighted by Crippen LogP contribution is -2.27. The molecule has 1 heterocycles. The number of rotatable bonds is 3.